The number of pyridine rings is 1. The Morgan fingerprint density at radius 1 is 1.15 bits per heavy atom. The molecule has 1 aromatic heterocycles. The Bertz CT molecular complexity index is 696. The third kappa shape index (κ3) is 5.67. The maximum Gasteiger partial charge on any atom is 0.223 e. The second-order valence-corrected chi connectivity index (χ2v) is 7.29. The highest BCUT2D eigenvalue weighted by atomic mass is 16.2. The fourth-order valence-electron chi connectivity index (χ4n) is 3.61. The predicted octanol–water partition coefficient (Wildman–Crippen LogP) is 3.70. The maximum absolute atomic E-state index is 13.0. The molecule has 1 amide bonds. The average Bonchev–Trinajstić information content (AvgIpc) is 2.67. The third-order valence-electron chi connectivity index (χ3n) is 5.11. The maximum atomic E-state index is 13.0. The van der Waals surface area contributed by atoms with Crippen molar-refractivity contribution in [3.63, 3.8) is 0 Å². The molecule has 1 saturated heterocycles. The van der Waals surface area contributed by atoms with Crippen molar-refractivity contribution in [1.29, 1.82) is 0 Å². The molecule has 1 aromatic carbocycles. The van der Waals surface area contributed by atoms with Crippen molar-refractivity contribution in [3.8, 4) is 0 Å². The summed E-state index contributed by atoms with van der Waals surface area (Å²) in [5.74, 6) is 0.909. The largest absolute Gasteiger partial charge is 0.332 e. The molecule has 0 radical (unpaired) electrons. The van der Waals surface area contributed by atoms with E-state index in [1.54, 1.807) is 6.20 Å². The smallest absolute Gasteiger partial charge is 0.223 e. The number of rotatable bonds is 7. The molecule has 1 aliphatic heterocycles. The van der Waals surface area contributed by atoms with E-state index in [-0.39, 0.29) is 5.91 Å². The lowest BCUT2D eigenvalue weighted by Crippen LogP contribution is -2.32. The van der Waals surface area contributed by atoms with Gasteiger partial charge in [0, 0.05) is 19.2 Å². The van der Waals surface area contributed by atoms with Gasteiger partial charge in [-0.1, -0.05) is 35.9 Å². The summed E-state index contributed by atoms with van der Waals surface area (Å²) in [6, 6.07) is 14.3. The molecule has 3 rings (SSSR count). The van der Waals surface area contributed by atoms with Gasteiger partial charge in [-0.2, -0.15) is 0 Å². The number of nitrogens with zero attached hydrogens (tertiary/aromatic N) is 2. The highest BCUT2D eigenvalue weighted by Gasteiger charge is 2.19. The second-order valence-electron chi connectivity index (χ2n) is 7.29. The van der Waals surface area contributed by atoms with E-state index in [4.69, 9.17) is 0 Å². The van der Waals surface area contributed by atoms with E-state index in [0.29, 0.717) is 25.4 Å². The van der Waals surface area contributed by atoms with Crippen LogP contribution in [0.4, 0.5) is 0 Å². The molecule has 0 spiro atoms. The molecule has 1 N–H and O–H groups in total. The first kappa shape index (κ1) is 18.6. The van der Waals surface area contributed by atoms with E-state index in [1.807, 2.05) is 23.1 Å². The van der Waals surface area contributed by atoms with Crippen molar-refractivity contribution in [2.75, 3.05) is 13.1 Å². The van der Waals surface area contributed by atoms with Crippen LogP contribution in [0.15, 0.2) is 48.7 Å². The number of amides is 1. The number of benzene rings is 1. The monoisotopic (exact) mass is 351 g/mol. The lowest BCUT2D eigenvalue weighted by atomic mass is 9.93. The zero-order chi connectivity index (χ0) is 18.2. The summed E-state index contributed by atoms with van der Waals surface area (Å²) < 4.78 is 0. The van der Waals surface area contributed by atoms with Crippen LogP contribution in [0.25, 0.3) is 0 Å². The van der Waals surface area contributed by atoms with E-state index >= 15 is 0 Å². The summed E-state index contributed by atoms with van der Waals surface area (Å²) in [6.45, 7) is 5.47. The standard InChI is InChI=1S/C22H29N3O/c1-18-5-4-6-20(15-18)16-25(17-21-7-2-3-12-24-21)22(26)9-8-19-10-13-23-14-11-19/h2-7,12,15,19,23H,8-11,13-14,16-17H2,1H3. The zero-order valence-corrected chi connectivity index (χ0v) is 15.7. The molecule has 0 atom stereocenters. The molecule has 1 fully saturated rings. The number of carbonyl (C=O) groups is 1. The van der Waals surface area contributed by atoms with Crippen molar-refractivity contribution in [1.82, 2.24) is 15.2 Å². The van der Waals surface area contributed by atoms with Crippen LogP contribution in [0.2, 0.25) is 0 Å². The molecular formula is C22H29N3O. The fraction of sp³-hybridized carbons (Fsp3) is 0.455. The summed E-state index contributed by atoms with van der Waals surface area (Å²) >= 11 is 0. The molecule has 26 heavy (non-hydrogen) atoms. The van der Waals surface area contributed by atoms with Gasteiger partial charge in [0.05, 0.1) is 12.2 Å². The summed E-state index contributed by atoms with van der Waals surface area (Å²) in [5.41, 5.74) is 3.34. The van der Waals surface area contributed by atoms with E-state index in [9.17, 15) is 4.79 Å². The van der Waals surface area contributed by atoms with Gasteiger partial charge < -0.3 is 10.2 Å². The van der Waals surface area contributed by atoms with Crippen molar-refractivity contribution in [2.24, 2.45) is 5.92 Å². The molecule has 4 heteroatoms. The van der Waals surface area contributed by atoms with Gasteiger partial charge in [-0.25, -0.2) is 0 Å². The Kier molecular flexibility index (Phi) is 6.78. The number of aryl methyl sites for hydroxylation is 1. The number of piperidine rings is 1. The Morgan fingerprint density at radius 3 is 2.73 bits per heavy atom. The van der Waals surface area contributed by atoms with E-state index < -0.39 is 0 Å². The molecule has 1 aliphatic rings. The second kappa shape index (κ2) is 9.48. The van der Waals surface area contributed by atoms with Crippen molar-refractivity contribution in [3.05, 3.63) is 65.5 Å². The SMILES string of the molecule is Cc1cccc(CN(Cc2ccccn2)C(=O)CCC2CCNCC2)c1. The summed E-state index contributed by atoms with van der Waals surface area (Å²) in [7, 11) is 0. The normalized spacial score (nSPS) is 15.0. The number of hydrogen-bond acceptors (Lipinski definition) is 3. The molecule has 0 aliphatic carbocycles. The molecule has 0 saturated carbocycles. The van der Waals surface area contributed by atoms with Gasteiger partial charge in [-0.3, -0.25) is 9.78 Å². The average molecular weight is 351 g/mol. The molecule has 0 unspecified atom stereocenters. The van der Waals surface area contributed by atoms with Gasteiger partial charge >= 0.3 is 0 Å². The third-order valence-corrected chi connectivity index (χ3v) is 5.11. The molecule has 2 heterocycles. The van der Waals surface area contributed by atoms with Crippen LogP contribution in [-0.4, -0.2) is 28.9 Å². The summed E-state index contributed by atoms with van der Waals surface area (Å²) in [4.78, 5) is 19.3. The van der Waals surface area contributed by atoms with Crippen molar-refractivity contribution < 1.29 is 4.79 Å². The Labute approximate surface area is 156 Å². The molecule has 2 aromatic rings. The number of hydrogen-bond donors (Lipinski definition) is 1. The zero-order valence-electron chi connectivity index (χ0n) is 15.7. The Morgan fingerprint density at radius 2 is 2.00 bits per heavy atom. The van der Waals surface area contributed by atoms with Gasteiger partial charge in [-0.15, -0.1) is 0 Å². The van der Waals surface area contributed by atoms with Crippen LogP contribution in [0, 0.1) is 12.8 Å². The first-order valence-electron chi connectivity index (χ1n) is 9.64. The van der Waals surface area contributed by atoms with Crippen LogP contribution >= 0.6 is 0 Å². The number of nitrogens with one attached hydrogen (secondary N) is 1. The highest BCUT2D eigenvalue weighted by molar-refractivity contribution is 5.76. The highest BCUT2D eigenvalue weighted by Crippen LogP contribution is 2.20. The lowest BCUT2D eigenvalue weighted by Gasteiger charge is -2.26. The fourth-order valence-corrected chi connectivity index (χ4v) is 3.61. The van der Waals surface area contributed by atoms with Crippen LogP contribution < -0.4 is 5.32 Å². The number of aromatic nitrogens is 1. The topological polar surface area (TPSA) is 45.2 Å². The minimum Gasteiger partial charge on any atom is -0.332 e. The summed E-state index contributed by atoms with van der Waals surface area (Å²) in [6.07, 6.45) is 5.78. The number of carbonyl (C=O) groups excluding carboxylic acids is 1. The first-order valence-corrected chi connectivity index (χ1v) is 9.64. The van der Waals surface area contributed by atoms with Crippen molar-refractivity contribution >= 4 is 5.91 Å². The van der Waals surface area contributed by atoms with Crippen LogP contribution in [0.3, 0.4) is 0 Å². The molecular weight excluding hydrogens is 322 g/mol. The van der Waals surface area contributed by atoms with Gasteiger partial charge in [-0.05, 0) is 62.9 Å². The van der Waals surface area contributed by atoms with E-state index in [2.05, 4.69) is 41.5 Å². The molecule has 4 nitrogen and oxygen atoms in total. The van der Waals surface area contributed by atoms with Crippen molar-refractivity contribution in [2.45, 2.75) is 45.7 Å². The molecule has 0 bridgehead atoms. The van der Waals surface area contributed by atoms with Crippen LogP contribution in [-0.2, 0) is 17.9 Å². The molecule has 138 valence electrons. The van der Waals surface area contributed by atoms with Crippen LogP contribution in [0.1, 0.15) is 42.5 Å². The minimum atomic E-state index is 0.232. The van der Waals surface area contributed by atoms with Gasteiger partial charge in [0.1, 0.15) is 0 Å². The Hall–Kier alpha value is -2.20. The minimum absolute atomic E-state index is 0.232. The quantitative estimate of drug-likeness (QED) is 0.827. The predicted molar refractivity (Wildman–Crippen MR) is 104 cm³/mol. The van der Waals surface area contributed by atoms with Gasteiger partial charge in [0.15, 0.2) is 0 Å². The van der Waals surface area contributed by atoms with Gasteiger partial charge in [0.2, 0.25) is 5.91 Å². The van der Waals surface area contributed by atoms with Gasteiger partial charge in [0.25, 0.3) is 0 Å². The van der Waals surface area contributed by atoms with E-state index in [0.717, 1.165) is 25.2 Å². The lowest BCUT2D eigenvalue weighted by molar-refractivity contribution is -0.132. The summed E-state index contributed by atoms with van der Waals surface area (Å²) in [5, 5.41) is 3.39. The first-order chi connectivity index (χ1) is 12.7. The Balaban J connectivity index is 1.65. The van der Waals surface area contributed by atoms with Crippen LogP contribution in [0.5, 0.6) is 0 Å². The van der Waals surface area contributed by atoms with E-state index in [1.165, 1.54) is 24.0 Å².